The van der Waals surface area contributed by atoms with E-state index in [0.717, 1.165) is 25.9 Å². The van der Waals surface area contributed by atoms with E-state index in [4.69, 9.17) is 0 Å². The first-order valence-electron chi connectivity index (χ1n) is 5.99. The van der Waals surface area contributed by atoms with Gasteiger partial charge in [0.1, 0.15) is 0 Å². The van der Waals surface area contributed by atoms with Gasteiger partial charge in [0, 0.05) is 11.5 Å². The molecule has 1 aliphatic heterocycles. The fraction of sp³-hybridized carbons (Fsp3) is 0.917. The van der Waals surface area contributed by atoms with E-state index in [1.165, 1.54) is 0 Å². The first-order chi connectivity index (χ1) is 6.97. The smallest absolute Gasteiger partial charge is 0.225 e. The first-order valence-corrected chi connectivity index (χ1v) is 5.99. The molecule has 0 spiro atoms. The minimum absolute atomic E-state index is 0.198. The molecule has 1 heterocycles. The molecule has 0 aliphatic carbocycles. The number of nitrogens with one attached hydrogen (secondary N) is 2. The predicted molar refractivity (Wildman–Crippen MR) is 62.7 cm³/mol. The highest BCUT2D eigenvalue weighted by Gasteiger charge is 2.29. The van der Waals surface area contributed by atoms with Crippen LogP contribution in [0.1, 0.15) is 40.5 Å². The zero-order chi connectivity index (χ0) is 11.5. The van der Waals surface area contributed by atoms with Crippen LogP contribution < -0.4 is 10.6 Å². The number of rotatable bonds is 3. The van der Waals surface area contributed by atoms with E-state index in [0.29, 0.717) is 12.0 Å². The van der Waals surface area contributed by atoms with Crippen LogP contribution in [0, 0.1) is 11.3 Å². The fourth-order valence-electron chi connectivity index (χ4n) is 1.75. The van der Waals surface area contributed by atoms with Gasteiger partial charge < -0.3 is 10.6 Å². The number of hydrogen-bond donors (Lipinski definition) is 2. The molecule has 1 fully saturated rings. The summed E-state index contributed by atoms with van der Waals surface area (Å²) in [7, 11) is 0. The molecule has 3 nitrogen and oxygen atoms in total. The van der Waals surface area contributed by atoms with Crippen LogP contribution in [0.4, 0.5) is 0 Å². The van der Waals surface area contributed by atoms with Crippen LogP contribution >= 0.6 is 0 Å². The number of hydrogen-bond acceptors (Lipinski definition) is 2. The fourth-order valence-corrected chi connectivity index (χ4v) is 1.75. The molecule has 0 radical (unpaired) electrons. The van der Waals surface area contributed by atoms with Crippen molar-refractivity contribution in [3.63, 3.8) is 0 Å². The number of piperidine rings is 1. The summed E-state index contributed by atoms with van der Waals surface area (Å²) in [5, 5.41) is 6.52. The van der Waals surface area contributed by atoms with Gasteiger partial charge in [-0.15, -0.1) is 0 Å². The van der Waals surface area contributed by atoms with Gasteiger partial charge in [-0.3, -0.25) is 4.79 Å². The summed E-state index contributed by atoms with van der Waals surface area (Å²) in [6, 6.07) is 0.351. The predicted octanol–water partition coefficient (Wildman–Crippen LogP) is 1.54. The molecule has 2 unspecified atom stereocenters. The minimum Gasteiger partial charge on any atom is -0.353 e. The van der Waals surface area contributed by atoms with Crippen molar-refractivity contribution < 1.29 is 4.79 Å². The Morgan fingerprint density at radius 2 is 2.20 bits per heavy atom. The van der Waals surface area contributed by atoms with Gasteiger partial charge in [0.15, 0.2) is 0 Å². The summed E-state index contributed by atoms with van der Waals surface area (Å²) in [6.07, 6.45) is 1.94. The van der Waals surface area contributed by atoms with E-state index in [-0.39, 0.29) is 11.3 Å². The van der Waals surface area contributed by atoms with Crippen molar-refractivity contribution in [2.45, 2.75) is 46.6 Å². The molecular weight excluding hydrogens is 188 g/mol. The molecule has 88 valence electrons. The van der Waals surface area contributed by atoms with Crippen LogP contribution in [0.3, 0.4) is 0 Å². The zero-order valence-electron chi connectivity index (χ0n) is 10.4. The Morgan fingerprint density at radius 1 is 1.53 bits per heavy atom. The summed E-state index contributed by atoms with van der Waals surface area (Å²) in [5.41, 5.74) is -0.232. The van der Waals surface area contributed by atoms with Gasteiger partial charge in [-0.1, -0.05) is 27.7 Å². The highest BCUT2D eigenvalue weighted by atomic mass is 16.2. The highest BCUT2D eigenvalue weighted by Crippen LogP contribution is 2.21. The van der Waals surface area contributed by atoms with E-state index in [2.05, 4.69) is 24.5 Å². The lowest BCUT2D eigenvalue weighted by molar-refractivity contribution is -0.130. The SMILES string of the molecule is CCC(C)(C)C(=O)NC1CCNCC1C. The Bertz CT molecular complexity index is 226. The molecule has 2 N–H and O–H groups in total. The van der Waals surface area contributed by atoms with E-state index in [9.17, 15) is 4.79 Å². The molecule has 0 aromatic carbocycles. The van der Waals surface area contributed by atoms with Crippen molar-refractivity contribution in [3.05, 3.63) is 0 Å². The highest BCUT2D eigenvalue weighted by molar-refractivity contribution is 5.82. The van der Waals surface area contributed by atoms with E-state index in [1.807, 2.05) is 13.8 Å². The van der Waals surface area contributed by atoms with Gasteiger partial charge in [-0.05, 0) is 31.8 Å². The van der Waals surface area contributed by atoms with Crippen LogP contribution in [-0.2, 0) is 4.79 Å². The maximum atomic E-state index is 12.0. The van der Waals surface area contributed by atoms with Gasteiger partial charge in [0.05, 0.1) is 0 Å². The normalized spacial score (nSPS) is 27.5. The molecular formula is C12H24N2O. The quantitative estimate of drug-likeness (QED) is 0.745. The van der Waals surface area contributed by atoms with Crippen molar-refractivity contribution in [2.24, 2.45) is 11.3 Å². The molecule has 0 saturated carbocycles. The standard InChI is InChI=1S/C12H24N2O/c1-5-12(3,4)11(15)14-10-6-7-13-8-9(10)2/h9-10,13H,5-8H2,1-4H3,(H,14,15). The Hall–Kier alpha value is -0.570. The van der Waals surface area contributed by atoms with Crippen molar-refractivity contribution in [2.75, 3.05) is 13.1 Å². The van der Waals surface area contributed by atoms with Gasteiger partial charge in [-0.2, -0.15) is 0 Å². The molecule has 1 aliphatic rings. The van der Waals surface area contributed by atoms with Crippen LogP contribution in [0.5, 0.6) is 0 Å². The summed E-state index contributed by atoms with van der Waals surface area (Å²) >= 11 is 0. The number of amides is 1. The molecule has 3 heteroatoms. The second-order valence-electron chi connectivity index (χ2n) is 5.29. The number of carbonyl (C=O) groups is 1. The Labute approximate surface area is 93.0 Å². The maximum absolute atomic E-state index is 12.0. The molecule has 0 bridgehead atoms. The Kier molecular flexibility index (Phi) is 4.14. The molecule has 2 atom stereocenters. The zero-order valence-corrected chi connectivity index (χ0v) is 10.4. The van der Waals surface area contributed by atoms with Gasteiger partial charge in [0.25, 0.3) is 0 Å². The second kappa shape index (κ2) is 4.97. The lowest BCUT2D eigenvalue weighted by atomic mass is 9.87. The van der Waals surface area contributed by atoms with E-state index < -0.39 is 0 Å². The minimum atomic E-state index is -0.232. The van der Waals surface area contributed by atoms with Crippen LogP contribution in [0.15, 0.2) is 0 Å². The Morgan fingerprint density at radius 3 is 2.73 bits per heavy atom. The maximum Gasteiger partial charge on any atom is 0.225 e. The Balaban J connectivity index is 2.50. The summed E-state index contributed by atoms with van der Waals surface area (Å²) < 4.78 is 0. The van der Waals surface area contributed by atoms with Crippen molar-refractivity contribution in [1.29, 1.82) is 0 Å². The van der Waals surface area contributed by atoms with Gasteiger partial charge in [0.2, 0.25) is 5.91 Å². The van der Waals surface area contributed by atoms with Gasteiger partial charge in [-0.25, -0.2) is 0 Å². The largest absolute Gasteiger partial charge is 0.353 e. The topological polar surface area (TPSA) is 41.1 Å². The molecule has 0 aromatic heterocycles. The summed E-state index contributed by atoms with van der Waals surface area (Å²) in [6.45, 7) is 10.3. The molecule has 1 rings (SSSR count). The molecule has 15 heavy (non-hydrogen) atoms. The number of carbonyl (C=O) groups excluding carboxylic acids is 1. The third-order valence-corrected chi connectivity index (χ3v) is 3.60. The average molecular weight is 212 g/mol. The summed E-state index contributed by atoms with van der Waals surface area (Å²) in [5.74, 6) is 0.735. The van der Waals surface area contributed by atoms with E-state index in [1.54, 1.807) is 0 Å². The van der Waals surface area contributed by atoms with Crippen molar-refractivity contribution in [1.82, 2.24) is 10.6 Å². The lowest BCUT2D eigenvalue weighted by Crippen LogP contribution is -2.51. The van der Waals surface area contributed by atoms with Crippen molar-refractivity contribution in [3.8, 4) is 0 Å². The monoisotopic (exact) mass is 212 g/mol. The average Bonchev–Trinajstić information content (AvgIpc) is 2.21. The molecule has 1 saturated heterocycles. The van der Waals surface area contributed by atoms with Crippen molar-refractivity contribution >= 4 is 5.91 Å². The first kappa shape index (κ1) is 12.5. The van der Waals surface area contributed by atoms with Crippen LogP contribution in [0.25, 0.3) is 0 Å². The van der Waals surface area contributed by atoms with Crippen LogP contribution in [0.2, 0.25) is 0 Å². The third kappa shape index (κ3) is 3.20. The van der Waals surface area contributed by atoms with Crippen LogP contribution in [-0.4, -0.2) is 25.0 Å². The second-order valence-corrected chi connectivity index (χ2v) is 5.29. The lowest BCUT2D eigenvalue weighted by Gasteiger charge is -2.33. The van der Waals surface area contributed by atoms with Gasteiger partial charge >= 0.3 is 0 Å². The summed E-state index contributed by atoms with van der Waals surface area (Å²) in [4.78, 5) is 12.0. The molecule has 0 aromatic rings. The molecule has 1 amide bonds. The van der Waals surface area contributed by atoms with E-state index >= 15 is 0 Å². The third-order valence-electron chi connectivity index (χ3n) is 3.60.